The molecule has 0 bridgehead atoms. The quantitative estimate of drug-likeness (QED) is 0.852. The number of aliphatic hydroxyl groups is 1. The van der Waals surface area contributed by atoms with Crippen LogP contribution in [0.25, 0.3) is 0 Å². The van der Waals surface area contributed by atoms with Gasteiger partial charge in [0, 0.05) is 6.04 Å². The second-order valence-corrected chi connectivity index (χ2v) is 5.21. The fourth-order valence-electron chi connectivity index (χ4n) is 1.32. The Labute approximate surface area is 108 Å². The van der Waals surface area contributed by atoms with Gasteiger partial charge in [-0.15, -0.1) is 0 Å². The first-order valence-corrected chi connectivity index (χ1v) is 6.03. The Kier molecular flexibility index (Phi) is 4.80. The maximum atomic E-state index is 9.57. The second-order valence-electron chi connectivity index (χ2n) is 4.80. The fraction of sp³-hybridized carbons (Fsp3) is 0.538. The van der Waals surface area contributed by atoms with Crippen LogP contribution in [-0.4, -0.2) is 24.4 Å². The predicted octanol–water partition coefficient (Wildman–Crippen LogP) is 2.77. The fourth-order valence-corrected chi connectivity index (χ4v) is 1.57. The Hall–Kier alpha value is -0.770. The number of benzene rings is 1. The van der Waals surface area contributed by atoms with Crippen LogP contribution in [0.3, 0.4) is 0 Å². The van der Waals surface area contributed by atoms with Gasteiger partial charge in [-0.2, -0.15) is 0 Å². The van der Waals surface area contributed by atoms with Crippen LogP contribution in [0.4, 0.5) is 0 Å². The molecule has 0 fully saturated rings. The van der Waals surface area contributed by atoms with Crippen molar-refractivity contribution in [3.05, 3.63) is 28.8 Å². The van der Waals surface area contributed by atoms with E-state index >= 15 is 0 Å². The number of rotatable bonds is 5. The number of halogens is 1. The molecule has 0 heterocycles. The Morgan fingerprint density at radius 2 is 2.12 bits per heavy atom. The second kappa shape index (κ2) is 5.71. The van der Waals surface area contributed by atoms with Crippen LogP contribution in [0.2, 0.25) is 5.02 Å². The lowest BCUT2D eigenvalue weighted by Crippen LogP contribution is -2.27. The van der Waals surface area contributed by atoms with Crippen molar-refractivity contribution >= 4 is 11.6 Å². The molecule has 17 heavy (non-hydrogen) atoms. The third-order valence-corrected chi connectivity index (χ3v) is 2.77. The van der Waals surface area contributed by atoms with Gasteiger partial charge in [0.2, 0.25) is 0 Å². The highest BCUT2D eigenvalue weighted by Crippen LogP contribution is 2.28. The molecule has 0 aliphatic heterocycles. The molecule has 1 rings (SSSR count). The van der Waals surface area contributed by atoms with Crippen LogP contribution in [0.5, 0.6) is 5.75 Å². The summed E-state index contributed by atoms with van der Waals surface area (Å²) in [5.74, 6) is 0.598. The molecule has 4 heteroatoms. The van der Waals surface area contributed by atoms with Crippen molar-refractivity contribution in [2.24, 2.45) is 0 Å². The predicted molar refractivity (Wildman–Crippen MR) is 70.7 cm³/mol. The standard InChI is InChI=1S/C13H20ClNO2/c1-9(15-4)10-5-6-12(11(14)7-10)17-8-13(2,3)16/h5-7,9,15-16H,8H2,1-4H3. The summed E-state index contributed by atoms with van der Waals surface area (Å²) in [6.45, 7) is 5.66. The minimum Gasteiger partial charge on any atom is -0.489 e. The van der Waals surface area contributed by atoms with Crippen molar-refractivity contribution in [3.8, 4) is 5.75 Å². The van der Waals surface area contributed by atoms with E-state index in [-0.39, 0.29) is 12.6 Å². The number of ether oxygens (including phenoxy) is 1. The average molecular weight is 258 g/mol. The van der Waals surface area contributed by atoms with E-state index in [0.717, 1.165) is 5.56 Å². The van der Waals surface area contributed by atoms with E-state index in [1.807, 2.05) is 25.2 Å². The molecular weight excluding hydrogens is 238 g/mol. The lowest BCUT2D eigenvalue weighted by molar-refractivity contribution is 0.0285. The summed E-state index contributed by atoms with van der Waals surface area (Å²) in [4.78, 5) is 0. The normalized spacial score (nSPS) is 13.5. The summed E-state index contributed by atoms with van der Waals surface area (Å²) >= 11 is 6.12. The van der Waals surface area contributed by atoms with E-state index in [1.165, 1.54) is 0 Å². The van der Waals surface area contributed by atoms with Crippen LogP contribution >= 0.6 is 11.6 Å². The molecule has 0 saturated carbocycles. The average Bonchev–Trinajstić information content (AvgIpc) is 2.25. The first-order chi connectivity index (χ1) is 7.83. The summed E-state index contributed by atoms with van der Waals surface area (Å²) in [5, 5.41) is 13.3. The number of nitrogens with one attached hydrogen (secondary N) is 1. The van der Waals surface area contributed by atoms with E-state index in [4.69, 9.17) is 16.3 Å². The zero-order valence-corrected chi connectivity index (χ0v) is 11.5. The summed E-state index contributed by atoms with van der Waals surface area (Å²) in [7, 11) is 1.90. The molecule has 1 aromatic carbocycles. The van der Waals surface area contributed by atoms with Gasteiger partial charge in [0.1, 0.15) is 12.4 Å². The van der Waals surface area contributed by atoms with E-state index < -0.39 is 5.60 Å². The van der Waals surface area contributed by atoms with Gasteiger partial charge >= 0.3 is 0 Å². The molecule has 1 atom stereocenters. The van der Waals surface area contributed by atoms with E-state index in [1.54, 1.807) is 13.8 Å². The molecule has 0 spiro atoms. The molecule has 1 unspecified atom stereocenters. The molecule has 96 valence electrons. The Bertz CT molecular complexity index is 374. The monoisotopic (exact) mass is 257 g/mol. The Morgan fingerprint density at radius 1 is 1.47 bits per heavy atom. The van der Waals surface area contributed by atoms with Gasteiger partial charge in [-0.05, 0) is 45.5 Å². The van der Waals surface area contributed by atoms with Crippen LogP contribution < -0.4 is 10.1 Å². The van der Waals surface area contributed by atoms with Crippen LogP contribution in [0, 0.1) is 0 Å². The van der Waals surface area contributed by atoms with Gasteiger partial charge in [-0.3, -0.25) is 0 Å². The maximum absolute atomic E-state index is 9.57. The van der Waals surface area contributed by atoms with Gasteiger partial charge < -0.3 is 15.2 Å². The van der Waals surface area contributed by atoms with Crippen molar-refractivity contribution in [2.75, 3.05) is 13.7 Å². The van der Waals surface area contributed by atoms with Crippen LogP contribution in [0.15, 0.2) is 18.2 Å². The van der Waals surface area contributed by atoms with Crippen molar-refractivity contribution < 1.29 is 9.84 Å². The van der Waals surface area contributed by atoms with Crippen molar-refractivity contribution in [1.82, 2.24) is 5.32 Å². The van der Waals surface area contributed by atoms with Crippen LogP contribution in [0.1, 0.15) is 32.4 Å². The molecule has 0 saturated heterocycles. The molecule has 3 nitrogen and oxygen atoms in total. The van der Waals surface area contributed by atoms with Gasteiger partial charge in [-0.1, -0.05) is 17.7 Å². The third kappa shape index (κ3) is 4.54. The SMILES string of the molecule is CNC(C)c1ccc(OCC(C)(C)O)c(Cl)c1. The van der Waals surface area contributed by atoms with E-state index in [9.17, 15) is 5.11 Å². The molecule has 1 aromatic rings. The van der Waals surface area contributed by atoms with Gasteiger partial charge in [0.05, 0.1) is 10.6 Å². The van der Waals surface area contributed by atoms with Gasteiger partial charge in [0.15, 0.2) is 0 Å². The highest BCUT2D eigenvalue weighted by molar-refractivity contribution is 6.32. The summed E-state index contributed by atoms with van der Waals surface area (Å²) in [6, 6.07) is 5.92. The lowest BCUT2D eigenvalue weighted by Gasteiger charge is -2.19. The highest BCUT2D eigenvalue weighted by Gasteiger charge is 2.15. The Balaban J connectivity index is 2.76. The largest absolute Gasteiger partial charge is 0.489 e. The summed E-state index contributed by atoms with van der Waals surface area (Å²) in [5.41, 5.74) is 0.244. The maximum Gasteiger partial charge on any atom is 0.138 e. The number of hydrogen-bond donors (Lipinski definition) is 2. The van der Waals surface area contributed by atoms with Crippen molar-refractivity contribution in [1.29, 1.82) is 0 Å². The first-order valence-electron chi connectivity index (χ1n) is 5.65. The zero-order chi connectivity index (χ0) is 13.1. The third-order valence-electron chi connectivity index (χ3n) is 2.47. The van der Waals surface area contributed by atoms with Gasteiger partial charge in [0.25, 0.3) is 0 Å². The van der Waals surface area contributed by atoms with Crippen molar-refractivity contribution in [3.63, 3.8) is 0 Å². The summed E-state index contributed by atoms with van der Waals surface area (Å²) < 4.78 is 5.47. The first kappa shape index (κ1) is 14.3. The van der Waals surface area contributed by atoms with Gasteiger partial charge in [-0.25, -0.2) is 0 Å². The summed E-state index contributed by atoms with van der Waals surface area (Å²) in [6.07, 6.45) is 0. The molecule has 0 aliphatic rings. The van der Waals surface area contributed by atoms with Crippen LogP contribution in [-0.2, 0) is 0 Å². The van der Waals surface area contributed by atoms with E-state index in [2.05, 4.69) is 12.2 Å². The molecule has 0 aromatic heterocycles. The zero-order valence-electron chi connectivity index (χ0n) is 10.7. The minimum atomic E-state index is -0.861. The molecule has 2 N–H and O–H groups in total. The van der Waals surface area contributed by atoms with E-state index in [0.29, 0.717) is 10.8 Å². The number of hydrogen-bond acceptors (Lipinski definition) is 3. The molecule has 0 amide bonds. The molecular formula is C13H20ClNO2. The highest BCUT2D eigenvalue weighted by atomic mass is 35.5. The Morgan fingerprint density at radius 3 is 2.59 bits per heavy atom. The minimum absolute atomic E-state index is 0.216. The molecule has 0 aliphatic carbocycles. The molecule has 0 radical (unpaired) electrons. The topological polar surface area (TPSA) is 41.5 Å². The van der Waals surface area contributed by atoms with Crippen molar-refractivity contribution in [2.45, 2.75) is 32.4 Å². The smallest absolute Gasteiger partial charge is 0.138 e. The lowest BCUT2D eigenvalue weighted by atomic mass is 10.1.